The summed E-state index contributed by atoms with van der Waals surface area (Å²) in [5.74, 6) is 0.991. The quantitative estimate of drug-likeness (QED) is 0.718. The zero-order chi connectivity index (χ0) is 17.2. The summed E-state index contributed by atoms with van der Waals surface area (Å²) in [6.45, 7) is 1.05. The van der Waals surface area contributed by atoms with Crippen molar-refractivity contribution in [1.82, 2.24) is 20.0 Å². The molecule has 0 radical (unpaired) electrons. The molecule has 1 unspecified atom stereocenters. The van der Waals surface area contributed by atoms with Crippen LogP contribution in [0.1, 0.15) is 23.7 Å². The molecule has 1 fully saturated rings. The molecule has 7 heteroatoms. The van der Waals surface area contributed by atoms with Gasteiger partial charge in [0.25, 0.3) is 5.89 Å². The Morgan fingerprint density at radius 2 is 2.00 bits per heavy atom. The van der Waals surface area contributed by atoms with Gasteiger partial charge in [-0.05, 0) is 23.8 Å². The van der Waals surface area contributed by atoms with Crippen molar-refractivity contribution in [2.45, 2.75) is 18.9 Å². The number of halogens is 1. The molecule has 1 amide bonds. The molecular weight excluding hydrogens is 340 g/mol. The highest BCUT2D eigenvalue weighted by atomic mass is 35.5. The molecule has 0 aliphatic carbocycles. The van der Waals surface area contributed by atoms with Gasteiger partial charge in [-0.2, -0.15) is 4.98 Å². The molecule has 1 aliphatic rings. The summed E-state index contributed by atoms with van der Waals surface area (Å²) < 4.78 is 5.33. The number of amides is 1. The van der Waals surface area contributed by atoms with Gasteiger partial charge in [-0.3, -0.25) is 9.78 Å². The summed E-state index contributed by atoms with van der Waals surface area (Å²) in [4.78, 5) is 22.5. The third-order valence-electron chi connectivity index (χ3n) is 4.27. The molecule has 2 aromatic heterocycles. The lowest BCUT2D eigenvalue weighted by atomic mass is 10.1. The summed E-state index contributed by atoms with van der Waals surface area (Å²) in [6, 6.07) is 11.2. The number of pyridine rings is 1. The maximum atomic E-state index is 12.3. The minimum atomic E-state index is -0.0747. The summed E-state index contributed by atoms with van der Waals surface area (Å²) >= 11 is 6.19. The number of aromatic nitrogens is 3. The van der Waals surface area contributed by atoms with Gasteiger partial charge in [0, 0.05) is 48.4 Å². The van der Waals surface area contributed by atoms with E-state index in [1.54, 1.807) is 29.4 Å². The van der Waals surface area contributed by atoms with Gasteiger partial charge in [0.05, 0.1) is 0 Å². The van der Waals surface area contributed by atoms with Crippen LogP contribution in [0.5, 0.6) is 0 Å². The van der Waals surface area contributed by atoms with E-state index in [1.165, 1.54) is 0 Å². The first-order chi connectivity index (χ1) is 12.2. The van der Waals surface area contributed by atoms with Crippen LogP contribution in [0.3, 0.4) is 0 Å². The van der Waals surface area contributed by atoms with E-state index >= 15 is 0 Å². The maximum absolute atomic E-state index is 12.3. The van der Waals surface area contributed by atoms with Gasteiger partial charge in [-0.25, -0.2) is 0 Å². The van der Waals surface area contributed by atoms with Crippen LogP contribution >= 0.6 is 11.6 Å². The highest BCUT2D eigenvalue weighted by molar-refractivity contribution is 6.31. The predicted molar refractivity (Wildman–Crippen MR) is 91.8 cm³/mol. The molecule has 1 aromatic carbocycles. The van der Waals surface area contributed by atoms with Crippen LogP contribution in [0.2, 0.25) is 5.02 Å². The molecule has 1 atom stereocenters. The van der Waals surface area contributed by atoms with Crippen molar-refractivity contribution in [1.29, 1.82) is 0 Å². The fourth-order valence-corrected chi connectivity index (χ4v) is 3.14. The first-order valence-corrected chi connectivity index (χ1v) is 8.33. The lowest BCUT2D eigenvalue weighted by Crippen LogP contribution is -2.24. The first-order valence-electron chi connectivity index (χ1n) is 7.96. The molecule has 4 rings (SSSR count). The van der Waals surface area contributed by atoms with Crippen molar-refractivity contribution in [3.8, 4) is 11.5 Å². The highest BCUT2D eigenvalue weighted by Gasteiger charge is 2.34. The zero-order valence-electron chi connectivity index (χ0n) is 13.3. The predicted octanol–water partition coefficient (Wildman–Crippen LogP) is 3.30. The van der Waals surface area contributed by atoms with Crippen LogP contribution in [0.25, 0.3) is 11.5 Å². The second-order valence-corrected chi connectivity index (χ2v) is 6.37. The Morgan fingerprint density at radius 3 is 2.80 bits per heavy atom. The van der Waals surface area contributed by atoms with E-state index in [1.807, 2.05) is 24.3 Å². The standard InChI is InChI=1S/C18H15ClN4O2/c19-15-4-2-1-3-13(15)10-23-11-14(9-16(23)24)17-21-18(25-22-17)12-5-7-20-8-6-12/h1-8,14H,9-11H2. The van der Waals surface area contributed by atoms with E-state index in [4.69, 9.17) is 16.1 Å². The number of rotatable bonds is 4. The first kappa shape index (κ1) is 15.8. The third-order valence-corrected chi connectivity index (χ3v) is 4.64. The Balaban J connectivity index is 1.49. The molecule has 6 nitrogen and oxygen atoms in total. The summed E-state index contributed by atoms with van der Waals surface area (Å²) in [6.07, 6.45) is 3.72. The van der Waals surface area contributed by atoms with Crippen molar-refractivity contribution in [2.24, 2.45) is 0 Å². The smallest absolute Gasteiger partial charge is 0.258 e. The summed E-state index contributed by atoms with van der Waals surface area (Å²) in [5.41, 5.74) is 1.75. The minimum absolute atomic E-state index is 0.0696. The van der Waals surface area contributed by atoms with Crippen molar-refractivity contribution < 1.29 is 9.32 Å². The molecular formula is C18H15ClN4O2. The Morgan fingerprint density at radius 1 is 1.20 bits per heavy atom. The van der Waals surface area contributed by atoms with Crippen LogP contribution in [-0.2, 0) is 11.3 Å². The topological polar surface area (TPSA) is 72.1 Å². The largest absolute Gasteiger partial charge is 0.338 e. The summed E-state index contributed by atoms with van der Waals surface area (Å²) in [7, 11) is 0. The van der Waals surface area contributed by atoms with Gasteiger partial charge in [-0.15, -0.1) is 0 Å². The van der Waals surface area contributed by atoms with Crippen molar-refractivity contribution >= 4 is 17.5 Å². The number of carbonyl (C=O) groups is 1. The molecule has 126 valence electrons. The number of nitrogens with zero attached hydrogens (tertiary/aromatic N) is 4. The molecule has 25 heavy (non-hydrogen) atoms. The van der Waals surface area contributed by atoms with Crippen molar-refractivity contribution in [3.05, 3.63) is 65.2 Å². The monoisotopic (exact) mass is 354 g/mol. The Hall–Kier alpha value is -2.73. The molecule has 3 heterocycles. The molecule has 0 N–H and O–H groups in total. The molecule has 0 bridgehead atoms. The van der Waals surface area contributed by atoms with Gasteiger partial charge >= 0.3 is 0 Å². The van der Waals surface area contributed by atoms with E-state index in [-0.39, 0.29) is 11.8 Å². The lowest BCUT2D eigenvalue weighted by Gasteiger charge is -2.16. The van der Waals surface area contributed by atoms with Crippen molar-refractivity contribution in [3.63, 3.8) is 0 Å². The fourth-order valence-electron chi connectivity index (χ4n) is 2.94. The van der Waals surface area contributed by atoms with Gasteiger partial charge in [0.2, 0.25) is 5.91 Å². The molecule has 0 spiro atoms. The maximum Gasteiger partial charge on any atom is 0.258 e. The number of hydrogen-bond donors (Lipinski definition) is 0. The van der Waals surface area contributed by atoms with Crippen LogP contribution in [0.15, 0.2) is 53.3 Å². The van der Waals surface area contributed by atoms with Crippen LogP contribution < -0.4 is 0 Å². The molecule has 1 aliphatic heterocycles. The number of benzene rings is 1. The Kier molecular flexibility index (Phi) is 4.19. The van der Waals surface area contributed by atoms with Gasteiger partial charge < -0.3 is 9.42 Å². The number of likely N-dealkylation sites (tertiary alicyclic amines) is 1. The Bertz CT molecular complexity index is 897. The SMILES string of the molecule is O=C1CC(c2noc(-c3ccncc3)n2)CN1Cc1ccccc1Cl. The van der Waals surface area contributed by atoms with Crippen LogP contribution in [0, 0.1) is 0 Å². The van der Waals surface area contributed by atoms with Gasteiger partial charge in [0.15, 0.2) is 5.82 Å². The van der Waals surface area contributed by atoms with E-state index < -0.39 is 0 Å². The average Bonchev–Trinajstić information content (AvgIpc) is 3.25. The molecule has 0 saturated carbocycles. The highest BCUT2D eigenvalue weighted by Crippen LogP contribution is 2.30. The van der Waals surface area contributed by atoms with E-state index in [0.717, 1.165) is 11.1 Å². The number of carbonyl (C=O) groups excluding carboxylic acids is 1. The minimum Gasteiger partial charge on any atom is -0.338 e. The van der Waals surface area contributed by atoms with Crippen molar-refractivity contribution in [2.75, 3.05) is 6.54 Å². The second-order valence-electron chi connectivity index (χ2n) is 5.96. The second kappa shape index (κ2) is 6.64. The van der Waals surface area contributed by atoms with Gasteiger partial charge in [-0.1, -0.05) is 35.0 Å². The average molecular weight is 355 g/mol. The zero-order valence-corrected chi connectivity index (χ0v) is 14.1. The Labute approximate surface area is 149 Å². The van der Waals surface area contributed by atoms with E-state index in [2.05, 4.69) is 15.1 Å². The van der Waals surface area contributed by atoms with Gasteiger partial charge in [0.1, 0.15) is 0 Å². The van der Waals surface area contributed by atoms with E-state index in [0.29, 0.717) is 36.2 Å². The number of hydrogen-bond acceptors (Lipinski definition) is 5. The lowest BCUT2D eigenvalue weighted by molar-refractivity contribution is -0.128. The normalized spacial score (nSPS) is 17.2. The van der Waals surface area contributed by atoms with Crippen LogP contribution in [0.4, 0.5) is 0 Å². The summed E-state index contributed by atoms with van der Waals surface area (Å²) in [5, 5.41) is 4.72. The third kappa shape index (κ3) is 3.25. The van der Waals surface area contributed by atoms with Crippen LogP contribution in [-0.4, -0.2) is 32.5 Å². The van der Waals surface area contributed by atoms with E-state index in [9.17, 15) is 4.79 Å². The molecule has 1 saturated heterocycles. The molecule has 3 aromatic rings. The fraction of sp³-hybridized carbons (Fsp3) is 0.222.